The van der Waals surface area contributed by atoms with Gasteiger partial charge in [-0.15, -0.1) is 0 Å². The van der Waals surface area contributed by atoms with Crippen molar-refractivity contribution in [1.82, 2.24) is 20.2 Å². The van der Waals surface area contributed by atoms with Crippen molar-refractivity contribution < 1.29 is 27.4 Å². The van der Waals surface area contributed by atoms with Crippen LogP contribution < -0.4 is 30.8 Å². The SMILES string of the molecule is Cc1ccc(S(=O)(=O)Nc2ccc(NNC(=O)C(=O)NCCN(C)C)cc2)c(C)c1NC(=O)Cn1cc[n+](C)c1. The number of imidazole rings is 1. The number of hydrazine groups is 1. The van der Waals surface area contributed by atoms with E-state index < -0.39 is 21.8 Å². The van der Waals surface area contributed by atoms with Crippen molar-refractivity contribution in [3.63, 3.8) is 0 Å². The van der Waals surface area contributed by atoms with Gasteiger partial charge in [0.1, 0.15) is 12.4 Å². The third-order valence-electron chi connectivity index (χ3n) is 5.84. The molecule has 3 aromatic rings. The molecule has 0 saturated heterocycles. The van der Waals surface area contributed by atoms with Crippen LogP contribution in [0.5, 0.6) is 0 Å². The van der Waals surface area contributed by atoms with Crippen molar-refractivity contribution in [1.29, 1.82) is 0 Å². The second-order valence-corrected chi connectivity index (χ2v) is 11.2. The number of anilines is 3. The molecule has 1 aromatic heterocycles. The predicted octanol–water partition coefficient (Wildman–Crippen LogP) is 0.490. The lowest BCUT2D eigenvalue weighted by Crippen LogP contribution is -2.44. The number of nitrogens with zero attached hydrogens (tertiary/aromatic N) is 3. The molecule has 40 heavy (non-hydrogen) atoms. The van der Waals surface area contributed by atoms with Crippen LogP contribution in [0.1, 0.15) is 11.1 Å². The van der Waals surface area contributed by atoms with Gasteiger partial charge in [0.2, 0.25) is 6.33 Å². The van der Waals surface area contributed by atoms with E-state index >= 15 is 0 Å². The molecule has 0 aliphatic heterocycles. The first kappa shape index (κ1) is 30.1. The second-order valence-electron chi connectivity index (χ2n) is 9.50. The van der Waals surface area contributed by atoms with Crippen LogP contribution in [0.4, 0.5) is 17.1 Å². The Kier molecular flexibility index (Phi) is 9.85. The molecule has 0 atom stereocenters. The molecule has 3 amide bonds. The number of hydrogen-bond acceptors (Lipinski definition) is 7. The molecular formula is C26H35N8O5S+. The third kappa shape index (κ3) is 8.28. The Morgan fingerprint density at radius 2 is 1.65 bits per heavy atom. The Morgan fingerprint density at radius 1 is 0.975 bits per heavy atom. The summed E-state index contributed by atoms with van der Waals surface area (Å²) >= 11 is 0. The van der Waals surface area contributed by atoms with Gasteiger partial charge in [-0.25, -0.2) is 17.6 Å². The lowest BCUT2D eigenvalue weighted by Gasteiger charge is -2.16. The summed E-state index contributed by atoms with van der Waals surface area (Å²) in [5.74, 6) is -1.92. The van der Waals surface area contributed by atoms with Crippen molar-refractivity contribution in [2.24, 2.45) is 7.05 Å². The first-order valence-electron chi connectivity index (χ1n) is 12.4. The van der Waals surface area contributed by atoms with Crippen LogP contribution in [-0.4, -0.2) is 62.8 Å². The van der Waals surface area contributed by atoms with Gasteiger partial charge in [-0.2, -0.15) is 0 Å². The Hall–Kier alpha value is -4.43. The van der Waals surface area contributed by atoms with Crippen molar-refractivity contribution in [3.05, 3.63) is 66.2 Å². The lowest BCUT2D eigenvalue weighted by atomic mass is 10.1. The number of hydrogen-bond donors (Lipinski definition) is 5. The summed E-state index contributed by atoms with van der Waals surface area (Å²) < 4.78 is 32.5. The number of benzene rings is 2. The highest BCUT2D eigenvalue weighted by Crippen LogP contribution is 2.28. The maximum atomic E-state index is 13.2. The minimum absolute atomic E-state index is 0.0236. The summed E-state index contributed by atoms with van der Waals surface area (Å²) in [6, 6.07) is 9.22. The topological polar surface area (TPSA) is 158 Å². The summed E-state index contributed by atoms with van der Waals surface area (Å²) in [5, 5.41) is 5.33. The molecule has 0 aliphatic rings. The lowest BCUT2D eigenvalue weighted by molar-refractivity contribution is -0.671. The van der Waals surface area contributed by atoms with E-state index in [0.29, 0.717) is 30.0 Å². The highest BCUT2D eigenvalue weighted by atomic mass is 32.2. The predicted molar refractivity (Wildman–Crippen MR) is 151 cm³/mol. The van der Waals surface area contributed by atoms with Crippen LogP contribution >= 0.6 is 0 Å². The number of carbonyl (C=O) groups is 3. The molecule has 0 unspecified atom stereocenters. The number of likely N-dealkylation sites (N-methyl/N-ethyl adjacent to an activating group) is 1. The first-order chi connectivity index (χ1) is 18.9. The highest BCUT2D eigenvalue weighted by molar-refractivity contribution is 7.92. The fourth-order valence-electron chi connectivity index (χ4n) is 3.74. The Labute approximate surface area is 233 Å². The Balaban J connectivity index is 1.63. The van der Waals surface area contributed by atoms with E-state index in [1.807, 2.05) is 36.8 Å². The van der Waals surface area contributed by atoms with Gasteiger partial charge in [0.15, 0.2) is 6.54 Å². The minimum Gasteiger partial charge on any atom is -0.346 e. The van der Waals surface area contributed by atoms with Crippen molar-refractivity contribution in [2.75, 3.05) is 42.6 Å². The van der Waals surface area contributed by atoms with E-state index in [1.165, 1.54) is 30.3 Å². The summed E-state index contributed by atoms with van der Waals surface area (Å²) in [7, 11) is 1.55. The number of carbonyl (C=O) groups excluding carboxylic acids is 3. The summed E-state index contributed by atoms with van der Waals surface area (Å²) in [6.07, 6.45) is 5.35. The molecule has 1 heterocycles. The van der Waals surface area contributed by atoms with Crippen LogP contribution in [0.25, 0.3) is 0 Å². The second kappa shape index (κ2) is 13.1. The maximum Gasteiger partial charge on any atom is 0.327 e. The standard InChI is InChI=1S/C26H34N8O5S/c1-18-6-11-22(19(2)24(18)28-23(35)16-34-15-14-33(5)17-34)40(38,39)31-21-9-7-20(8-10-21)29-30-26(37)25(36)27-12-13-32(3)4/h6-11,14-15,17H,12-13,16H2,1-5H3,(H4-,27,28,29,30,31,35,36,37)/p+1. The van der Waals surface area contributed by atoms with Gasteiger partial charge < -0.3 is 15.5 Å². The molecule has 13 nitrogen and oxygen atoms in total. The van der Waals surface area contributed by atoms with Crippen molar-refractivity contribution in [3.8, 4) is 0 Å². The zero-order valence-corrected chi connectivity index (χ0v) is 23.9. The average molecular weight is 572 g/mol. The van der Waals surface area contributed by atoms with Crippen molar-refractivity contribution in [2.45, 2.75) is 25.3 Å². The maximum absolute atomic E-state index is 13.2. The molecule has 5 N–H and O–H groups in total. The molecule has 3 rings (SSSR count). The third-order valence-corrected chi connectivity index (χ3v) is 7.36. The van der Waals surface area contributed by atoms with Gasteiger partial charge in [-0.05, 0) is 69.4 Å². The largest absolute Gasteiger partial charge is 0.346 e. The van der Waals surface area contributed by atoms with Gasteiger partial charge in [-0.3, -0.25) is 30.0 Å². The molecular weight excluding hydrogens is 536 g/mol. The average Bonchev–Trinajstić information content (AvgIpc) is 3.29. The minimum atomic E-state index is -4.00. The van der Waals surface area contributed by atoms with Crippen LogP contribution in [0.15, 0.2) is 60.0 Å². The normalized spacial score (nSPS) is 11.2. The number of aromatic nitrogens is 2. The van der Waals surface area contributed by atoms with Crippen LogP contribution in [0.3, 0.4) is 0 Å². The summed E-state index contributed by atoms with van der Waals surface area (Å²) in [6.45, 7) is 4.43. The van der Waals surface area contributed by atoms with Gasteiger partial charge in [-0.1, -0.05) is 6.07 Å². The zero-order valence-electron chi connectivity index (χ0n) is 23.1. The molecule has 2 aromatic carbocycles. The molecule has 0 saturated carbocycles. The Morgan fingerprint density at radius 3 is 2.27 bits per heavy atom. The number of rotatable bonds is 11. The van der Waals surface area contributed by atoms with Crippen LogP contribution in [0, 0.1) is 13.8 Å². The number of nitrogens with one attached hydrogen (secondary N) is 5. The van der Waals surface area contributed by atoms with E-state index in [2.05, 4.69) is 26.2 Å². The fraction of sp³-hybridized carbons (Fsp3) is 0.308. The van der Waals surface area contributed by atoms with E-state index in [-0.39, 0.29) is 23.0 Å². The van der Waals surface area contributed by atoms with E-state index in [0.717, 1.165) is 5.56 Å². The van der Waals surface area contributed by atoms with Crippen molar-refractivity contribution >= 4 is 44.8 Å². The highest BCUT2D eigenvalue weighted by Gasteiger charge is 2.21. The monoisotopic (exact) mass is 571 g/mol. The van der Waals surface area contributed by atoms with Crippen LogP contribution in [-0.2, 0) is 38.0 Å². The van der Waals surface area contributed by atoms with Gasteiger partial charge in [0.25, 0.3) is 15.9 Å². The number of sulfonamides is 1. The summed E-state index contributed by atoms with van der Waals surface area (Å²) in [5.41, 5.74) is 7.19. The molecule has 0 radical (unpaired) electrons. The molecule has 214 valence electrons. The van der Waals surface area contributed by atoms with Gasteiger partial charge >= 0.3 is 11.8 Å². The molecule has 0 spiro atoms. The Bertz CT molecular complexity index is 1480. The molecule has 0 bridgehead atoms. The van der Waals surface area contributed by atoms with E-state index in [1.54, 1.807) is 37.0 Å². The molecule has 0 aliphatic carbocycles. The number of amides is 3. The summed E-state index contributed by atoms with van der Waals surface area (Å²) in [4.78, 5) is 38.3. The van der Waals surface area contributed by atoms with Gasteiger partial charge in [0, 0.05) is 24.5 Å². The molecule has 14 heteroatoms. The fourth-order valence-corrected chi connectivity index (χ4v) is 5.05. The first-order valence-corrected chi connectivity index (χ1v) is 13.9. The smallest absolute Gasteiger partial charge is 0.327 e. The zero-order chi connectivity index (χ0) is 29.4. The van der Waals surface area contributed by atoms with E-state index in [9.17, 15) is 22.8 Å². The number of aryl methyl sites for hydroxylation is 2. The van der Waals surface area contributed by atoms with E-state index in [4.69, 9.17) is 0 Å². The van der Waals surface area contributed by atoms with Crippen LogP contribution in [0.2, 0.25) is 0 Å². The quantitative estimate of drug-likeness (QED) is 0.127. The van der Waals surface area contributed by atoms with Gasteiger partial charge in [0.05, 0.1) is 17.6 Å². The molecule has 0 fully saturated rings.